The standard InChI is InChI=1S/C25H38N4O2/c30-24(26-13-20-27-14-5-2-6-15-27)21-9-16-28(17-10-21)23-11-18-29(19-12-23)25(31)22-7-3-1-4-8-22/h1,3-4,7-8,21,23H,2,5-6,9-20H2,(H,26,30). The van der Waals surface area contributed by atoms with Gasteiger partial charge in [0.2, 0.25) is 5.91 Å². The van der Waals surface area contributed by atoms with E-state index in [-0.39, 0.29) is 17.7 Å². The molecule has 6 nitrogen and oxygen atoms in total. The number of piperidine rings is 3. The maximum atomic E-state index is 12.7. The third-order valence-electron chi connectivity index (χ3n) is 7.37. The molecule has 4 rings (SSSR count). The third kappa shape index (κ3) is 6.07. The van der Waals surface area contributed by atoms with Gasteiger partial charge in [-0.2, -0.15) is 0 Å². The molecule has 0 aromatic heterocycles. The van der Waals surface area contributed by atoms with Gasteiger partial charge in [0.15, 0.2) is 0 Å². The van der Waals surface area contributed by atoms with Crippen molar-refractivity contribution in [1.82, 2.24) is 20.0 Å². The highest BCUT2D eigenvalue weighted by molar-refractivity contribution is 5.94. The third-order valence-corrected chi connectivity index (χ3v) is 7.37. The molecule has 0 unspecified atom stereocenters. The van der Waals surface area contributed by atoms with Gasteiger partial charge in [0.25, 0.3) is 5.91 Å². The summed E-state index contributed by atoms with van der Waals surface area (Å²) in [5.41, 5.74) is 0.785. The predicted octanol–water partition coefficient (Wildman–Crippen LogP) is 2.61. The van der Waals surface area contributed by atoms with Gasteiger partial charge in [-0.3, -0.25) is 9.59 Å². The molecule has 6 heteroatoms. The van der Waals surface area contributed by atoms with E-state index in [2.05, 4.69) is 15.1 Å². The van der Waals surface area contributed by atoms with Crippen molar-refractivity contribution >= 4 is 11.8 Å². The van der Waals surface area contributed by atoms with E-state index >= 15 is 0 Å². The maximum Gasteiger partial charge on any atom is 0.253 e. The summed E-state index contributed by atoms with van der Waals surface area (Å²) in [5.74, 6) is 0.566. The molecular weight excluding hydrogens is 388 g/mol. The van der Waals surface area contributed by atoms with Crippen molar-refractivity contribution in [3.63, 3.8) is 0 Å². The summed E-state index contributed by atoms with van der Waals surface area (Å²) < 4.78 is 0. The van der Waals surface area contributed by atoms with Crippen molar-refractivity contribution < 1.29 is 9.59 Å². The number of carbonyl (C=O) groups is 2. The minimum atomic E-state index is 0.152. The average molecular weight is 427 g/mol. The SMILES string of the molecule is O=C(NCCN1CCCCC1)C1CCN(C2CCN(C(=O)c3ccccc3)CC2)CC1. The summed E-state index contributed by atoms with van der Waals surface area (Å²) >= 11 is 0. The van der Waals surface area contributed by atoms with Gasteiger partial charge in [-0.15, -0.1) is 0 Å². The number of amides is 2. The zero-order valence-corrected chi connectivity index (χ0v) is 18.8. The number of rotatable bonds is 6. The summed E-state index contributed by atoms with van der Waals surface area (Å²) in [6.45, 7) is 7.81. The van der Waals surface area contributed by atoms with E-state index < -0.39 is 0 Å². The van der Waals surface area contributed by atoms with Gasteiger partial charge in [-0.1, -0.05) is 24.6 Å². The first-order valence-corrected chi connectivity index (χ1v) is 12.3. The van der Waals surface area contributed by atoms with E-state index in [9.17, 15) is 9.59 Å². The van der Waals surface area contributed by atoms with E-state index in [0.29, 0.717) is 6.04 Å². The molecule has 2 amide bonds. The van der Waals surface area contributed by atoms with Crippen molar-refractivity contribution in [2.75, 3.05) is 52.4 Å². The average Bonchev–Trinajstić information content (AvgIpc) is 2.85. The van der Waals surface area contributed by atoms with Gasteiger partial charge in [-0.25, -0.2) is 0 Å². The molecule has 3 aliphatic rings. The van der Waals surface area contributed by atoms with E-state index in [1.165, 1.54) is 32.4 Å². The Morgan fingerprint density at radius 2 is 1.52 bits per heavy atom. The molecule has 0 aliphatic carbocycles. The minimum absolute atomic E-state index is 0.152. The molecule has 0 atom stereocenters. The lowest BCUT2D eigenvalue weighted by Crippen LogP contribution is -2.50. The maximum absolute atomic E-state index is 12.7. The number of hydrogen-bond donors (Lipinski definition) is 1. The Hall–Kier alpha value is -1.92. The predicted molar refractivity (Wildman–Crippen MR) is 123 cm³/mol. The minimum Gasteiger partial charge on any atom is -0.355 e. The fraction of sp³-hybridized carbons (Fsp3) is 0.680. The Bertz CT molecular complexity index is 703. The fourth-order valence-corrected chi connectivity index (χ4v) is 5.39. The summed E-state index contributed by atoms with van der Waals surface area (Å²) in [5, 5.41) is 3.18. The highest BCUT2D eigenvalue weighted by Gasteiger charge is 2.31. The van der Waals surface area contributed by atoms with Gasteiger partial charge in [-0.05, 0) is 76.8 Å². The van der Waals surface area contributed by atoms with E-state index in [0.717, 1.165) is 70.5 Å². The Balaban J connectivity index is 1.14. The van der Waals surface area contributed by atoms with Crippen LogP contribution in [0.5, 0.6) is 0 Å². The summed E-state index contributed by atoms with van der Waals surface area (Å²) in [6, 6.07) is 10.1. The highest BCUT2D eigenvalue weighted by atomic mass is 16.2. The Kier molecular flexibility index (Phi) is 7.97. The number of likely N-dealkylation sites (tertiary alicyclic amines) is 3. The van der Waals surface area contributed by atoms with Gasteiger partial charge in [0, 0.05) is 43.7 Å². The normalized spacial score (nSPS) is 22.4. The monoisotopic (exact) mass is 426 g/mol. The fourth-order valence-electron chi connectivity index (χ4n) is 5.39. The Labute approximate surface area is 187 Å². The topological polar surface area (TPSA) is 55.9 Å². The van der Waals surface area contributed by atoms with Crippen LogP contribution in [0.2, 0.25) is 0 Å². The molecule has 0 saturated carbocycles. The lowest BCUT2D eigenvalue weighted by atomic mass is 9.92. The second kappa shape index (κ2) is 11.1. The van der Waals surface area contributed by atoms with Gasteiger partial charge in [0.1, 0.15) is 0 Å². The van der Waals surface area contributed by atoms with Crippen molar-refractivity contribution in [3.05, 3.63) is 35.9 Å². The van der Waals surface area contributed by atoms with Crippen LogP contribution in [0.25, 0.3) is 0 Å². The molecule has 1 aromatic carbocycles. The van der Waals surface area contributed by atoms with Crippen LogP contribution in [-0.2, 0) is 4.79 Å². The van der Waals surface area contributed by atoms with Gasteiger partial charge >= 0.3 is 0 Å². The van der Waals surface area contributed by atoms with Crippen LogP contribution in [0.1, 0.15) is 55.3 Å². The van der Waals surface area contributed by atoms with Crippen LogP contribution in [0.4, 0.5) is 0 Å². The quantitative estimate of drug-likeness (QED) is 0.760. The summed E-state index contributed by atoms with van der Waals surface area (Å²) in [7, 11) is 0. The molecule has 3 heterocycles. The van der Waals surface area contributed by atoms with Crippen molar-refractivity contribution in [3.8, 4) is 0 Å². The lowest BCUT2D eigenvalue weighted by molar-refractivity contribution is -0.126. The lowest BCUT2D eigenvalue weighted by Gasteiger charge is -2.41. The first kappa shape index (κ1) is 22.3. The van der Waals surface area contributed by atoms with E-state index in [1.54, 1.807) is 0 Å². The second-order valence-electron chi connectivity index (χ2n) is 9.39. The second-order valence-corrected chi connectivity index (χ2v) is 9.39. The highest BCUT2D eigenvalue weighted by Crippen LogP contribution is 2.24. The van der Waals surface area contributed by atoms with Crippen LogP contribution in [0.3, 0.4) is 0 Å². The van der Waals surface area contributed by atoms with Gasteiger partial charge in [0.05, 0.1) is 0 Å². The molecule has 3 aliphatic heterocycles. The first-order valence-electron chi connectivity index (χ1n) is 12.3. The number of hydrogen-bond acceptors (Lipinski definition) is 4. The number of nitrogens with zero attached hydrogens (tertiary/aromatic N) is 3. The Morgan fingerprint density at radius 3 is 2.19 bits per heavy atom. The van der Waals surface area contributed by atoms with Crippen molar-refractivity contribution in [1.29, 1.82) is 0 Å². The molecule has 3 saturated heterocycles. The molecule has 1 aromatic rings. The molecule has 1 N–H and O–H groups in total. The van der Waals surface area contributed by atoms with Crippen LogP contribution >= 0.6 is 0 Å². The van der Waals surface area contributed by atoms with Crippen molar-refractivity contribution in [2.24, 2.45) is 5.92 Å². The zero-order chi connectivity index (χ0) is 21.5. The van der Waals surface area contributed by atoms with Crippen LogP contribution in [0.15, 0.2) is 30.3 Å². The molecule has 0 spiro atoms. The molecule has 0 radical (unpaired) electrons. The van der Waals surface area contributed by atoms with Crippen LogP contribution in [0, 0.1) is 5.92 Å². The van der Waals surface area contributed by atoms with Crippen molar-refractivity contribution in [2.45, 2.75) is 51.0 Å². The number of benzene rings is 1. The molecular formula is C25H38N4O2. The van der Waals surface area contributed by atoms with Crippen LogP contribution in [-0.4, -0.2) is 84.9 Å². The first-order chi connectivity index (χ1) is 15.2. The number of nitrogens with one attached hydrogen (secondary N) is 1. The molecule has 0 bridgehead atoms. The summed E-state index contributed by atoms with van der Waals surface area (Å²) in [6.07, 6.45) is 7.93. The Morgan fingerprint density at radius 1 is 0.839 bits per heavy atom. The van der Waals surface area contributed by atoms with Gasteiger partial charge < -0.3 is 20.0 Å². The molecule has 3 fully saturated rings. The summed E-state index contributed by atoms with van der Waals surface area (Å²) in [4.78, 5) is 32.3. The smallest absolute Gasteiger partial charge is 0.253 e. The zero-order valence-electron chi connectivity index (χ0n) is 18.8. The molecule has 170 valence electrons. The molecule has 31 heavy (non-hydrogen) atoms. The van der Waals surface area contributed by atoms with E-state index in [4.69, 9.17) is 0 Å². The largest absolute Gasteiger partial charge is 0.355 e. The van der Waals surface area contributed by atoms with E-state index in [1.807, 2.05) is 35.2 Å². The number of carbonyl (C=O) groups excluding carboxylic acids is 2. The van der Waals surface area contributed by atoms with Crippen LogP contribution < -0.4 is 5.32 Å².